The number of carbonyl (C=O) groups is 2. The van der Waals surface area contributed by atoms with E-state index >= 15 is 0 Å². The number of hydrogen-bond donors (Lipinski definition) is 2. The van der Waals surface area contributed by atoms with Crippen LogP contribution in [0.25, 0.3) is 0 Å². The fourth-order valence-corrected chi connectivity index (χ4v) is 1.13. The molecule has 1 rings (SSSR count). The first-order valence-corrected chi connectivity index (χ1v) is 5.78. The molecule has 0 spiro atoms. The van der Waals surface area contributed by atoms with E-state index in [1.54, 1.807) is 24.3 Å². The lowest BCUT2D eigenvalue weighted by Crippen LogP contribution is -2.35. The number of amides is 2. The van der Waals surface area contributed by atoms with Crippen molar-refractivity contribution in [1.29, 1.82) is 0 Å². The molecule has 1 aromatic carbocycles. The van der Waals surface area contributed by atoms with Gasteiger partial charge >= 0.3 is 0 Å². The van der Waals surface area contributed by atoms with Gasteiger partial charge in [0.25, 0.3) is 11.8 Å². The standard InChI is InChI=1S/C13H17N3O2/c1-3-10(2)15-16-12(17)9-14-13(18)11-7-5-4-6-8-11/h4-8H,3,9H2,1-2H3,(H,14,18)(H,16,17)/b15-10+. The van der Waals surface area contributed by atoms with Crippen LogP contribution in [0.3, 0.4) is 0 Å². The molecule has 0 heterocycles. The molecule has 0 bridgehead atoms. The first-order valence-electron chi connectivity index (χ1n) is 5.78. The van der Waals surface area contributed by atoms with Crippen LogP contribution in [0.4, 0.5) is 0 Å². The number of carbonyl (C=O) groups excluding carboxylic acids is 2. The van der Waals surface area contributed by atoms with Crippen LogP contribution in [0.5, 0.6) is 0 Å². The SMILES string of the molecule is CC/C(C)=N/NC(=O)CNC(=O)c1ccccc1. The quantitative estimate of drug-likeness (QED) is 0.608. The lowest BCUT2D eigenvalue weighted by atomic mass is 10.2. The molecule has 0 atom stereocenters. The maximum Gasteiger partial charge on any atom is 0.259 e. The Balaban J connectivity index is 2.37. The Hall–Kier alpha value is -2.17. The summed E-state index contributed by atoms with van der Waals surface area (Å²) in [7, 11) is 0. The van der Waals surface area contributed by atoms with E-state index < -0.39 is 0 Å². The van der Waals surface area contributed by atoms with Crippen LogP contribution < -0.4 is 10.7 Å². The number of hydrazone groups is 1. The van der Waals surface area contributed by atoms with Crippen LogP contribution in [-0.2, 0) is 4.79 Å². The zero-order valence-electron chi connectivity index (χ0n) is 10.6. The highest BCUT2D eigenvalue weighted by atomic mass is 16.2. The van der Waals surface area contributed by atoms with Crippen molar-refractivity contribution < 1.29 is 9.59 Å². The van der Waals surface area contributed by atoms with Gasteiger partial charge in [-0.1, -0.05) is 25.1 Å². The Morgan fingerprint density at radius 2 is 1.89 bits per heavy atom. The fraction of sp³-hybridized carbons (Fsp3) is 0.308. The molecular weight excluding hydrogens is 230 g/mol. The topological polar surface area (TPSA) is 70.6 Å². The lowest BCUT2D eigenvalue weighted by Gasteiger charge is -2.04. The Labute approximate surface area is 106 Å². The van der Waals surface area contributed by atoms with Crippen LogP contribution in [0, 0.1) is 0 Å². The summed E-state index contributed by atoms with van der Waals surface area (Å²) in [4.78, 5) is 23.0. The molecule has 0 aliphatic carbocycles. The molecule has 0 unspecified atom stereocenters. The molecule has 5 heteroatoms. The molecule has 0 aliphatic rings. The summed E-state index contributed by atoms with van der Waals surface area (Å²) in [6, 6.07) is 8.73. The maximum absolute atomic E-state index is 11.6. The predicted octanol–water partition coefficient (Wildman–Crippen LogP) is 1.32. The second-order valence-electron chi connectivity index (χ2n) is 3.78. The number of benzene rings is 1. The second-order valence-corrected chi connectivity index (χ2v) is 3.78. The van der Waals surface area contributed by atoms with Gasteiger partial charge in [0.2, 0.25) is 0 Å². The Morgan fingerprint density at radius 1 is 1.22 bits per heavy atom. The molecule has 0 aliphatic heterocycles. The zero-order valence-corrected chi connectivity index (χ0v) is 10.6. The molecule has 0 saturated heterocycles. The summed E-state index contributed by atoms with van der Waals surface area (Å²) in [6.07, 6.45) is 0.774. The first-order chi connectivity index (χ1) is 8.63. The van der Waals surface area contributed by atoms with Gasteiger partial charge in [0.15, 0.2) is 0 Å². The Morgan fingerprint density at radius 3 is 2.50 bits per heavy atom. The maximum atomic E-state index is 11.6. The van der Waals surface area contributed by atoms with Gasteiger partial charge in [0.05, 0.1) is 6.54 Å². The van der Waals surface area contributed by atoms with Gasteiger partial charge in [-0.15, -0.1) is 0 Å². The predicted molar refractivity (Wildman–Crippen MR) is 70.3 cm³/mol. The van der Waals surface area contributed by atoms with Gasteiger partial charge in [-0.25, -0.2) is 5.43 Å². The van der Waals surface area contributed by atoms with Crippen molar-refractivity contribution in [3.05, 3.63) is 35.9 Å². The van der Waals surface area contributed by atoms with Crippen molar-refractivity contribution in [2.45, 2.75) is 20.3 Å². The van der Waals surface area contributed by atoms with Gasteiger partial charge in [0.1, 0.15) is 0 Å². The molecule has 2 N–H and O–H groups in total. The monoisotopic (exact) mass is 247 g/mol. The largest absolute Gasteiger partial charge is 0.343 e. The van der Waals surface area contributed by atoms with E-state index in [1.165, 1.54) is 0 Å². The Bertz CT molecular complexity index is 441. The van der Waals surface area contributed by atoms with Crippen molar-refractivity contribution in [3.63, 3.8) is 0 Å². The number of hydrogen-bond acceptors (Lipinski definition) is 3. The molecule has 0 aromatic heterocycles. The molecule has 0 saturated carbocycles. The highest BCUT2D eigenvalue weighted by molar-refractivity contribution is 5.96. The number of nitrogens with zero attached hydrogens (tertiary/aromatic N) is 1. The van der Waals surface area contributed by atoms with Crippen LogP contribution in [-0.4, -0.2) is 24.1 Å². The summed E-state index contributed by atoms with van der Waals surface area (Å²) in [5.41, 5.74) is 3.73. The third-order valence-electron chi connectivity index (χ3n) is 2.33. The smallest absolute Gasteiger partial charge is 0.259 e. The second kappa shape index (κ2) is 7.21. The molecule has 1 aromatic rings. The van der Waals surface area contributed by atoms with Gasteiger partial charge in [-0.2, -0.15) is 5.10 Å². The molecule has 5 nitrogen and oxygen atoms in total. The normalized spacial score (nSPS) is 10.9. The van der Waals surface area contributed by atoms with E-state index in [0.717, 1.165) is 12.1 Å². The van der Waals surface area contributed by atoms with E-state index in [-0.39, 0.29) is 18.4 Å². The van der Waals surface area contributed by atoms with Gasteiger partial charge in [0, 0.05) is 11.3 Å². The third-order valence-corrected chi connectivity index (χ3v) is 2.33. The van der Waals surface area contributed by atoms with Crippen molar-refractivity contribution in [3.8, 4) is 0 Å². The van der Waals surface area contributed by atoms with Crippen molar-refractivity contribution in [2.24, 2.45) is 5.10 Å². The minimum atomic E-state index is -0.341. The summed E-state index contributed by atoms with van der Waals surface area (Å²) < 4.78 is 0. The fourth-order valence-electron chi connectivity index (χ4n) is 1.13. The number of nitrogens with one attached hydrogen (secondary N) is 2. The van der Waals surface area contributed by atoms with Gasteiger partial charge < -0.3 is 5.32 Å². The molecule has 0 fully saturated rings. The molecular formula is C13H17N3O2. The molecule has 96 valence electrons. The first kappa shape index (κ1) is 13.9. The summed E-state index contributed by atoms with van der Waals surface area (Å²) in [6.45, 7) is 3.68. The highest BCUT2D eigenvalue weighted by Gasteiger charge is 2.06. The Kier molecular flexibility index (Phi) is 5.57. The van der Waals surface area contributed by atoms with Crippen LogP contribution in [0.1, 0.15) is 30.6 Å². The van der Waals surface area contributed by atoms with Crippen LogP contribution in [0.15, 0.2) is 35.4 Å². The molecule has 2 amide bonds. The van der Waals surface area contributed by atoms with Gasteiger partial charge in [-0.3, -0.25) is 9.59 Å². The lowest BCUT2D eigenvalue weighted by molar-refractivity contribution is -0.120. The minimum absolute atomic E-state index is 0.0891. The van der Waals surface area contributed by atoms with Crippen molar-refractivity contribution in [2.75, 3.05) is 6.54 Å². The van der Waals surface area contributed by atoms with E-state index in [2.05, 4.69) is 15.8 Å². The average molecular weight is 247 g/mol. The highest BCUT2D eigenvalue weighted by Crippen LogP contribution is 1.97. The van der Waals surface area contributed by atoms with Gasteiger partial charge in [-0.05, 0) is 25.5 Å². The molecule has 0 radical (unpaired) electrons. The van der Waals surface area contributed by atoms with E-state index in [0.29, 0.717) is 5.56 Å². The van der Waals surface area contributed by atoms with E-state index in [4.69, 9.17) is 0 Å². The number of rotatable bonds is 5. The minimum Gasteiger partial charge on any atom is -0.343 e. The van der Waals surface area contributed by atoms with Crippen molar-refractivity contribution >= 4 is 17.5 Å². The summed E-state index contributed by atoms with van der Waals surface area (Å²) in [5.74, 6) is -0.617. The summed E-state index contributed by atoms with van der Waals surface area (Å²) >= 11 is 0. The van der Waals surface area contributed by atoms with E-state index in [1.807, 2.05) is 19.9 Å². The third kappa shape index (κ3) is 4.78. The molecule has 18 heavy (non-hydrogen) atoms. The van der Waals surface area contributed by atoms with Crippen molar-refractivity contribution in [1.82, 2.24) is 10.7 Å². The van der Waals surface area contributed by atoms with Crippen LogP contribution in [0.2, 0.25) is 0 Å². The van der Waals surface area contributed by atoms with E-state index in [9.17, 15) is 9.59 Å². The zero-order chi connectivity index (χ0) is 13.4. The van der Waals surface area contributed by atoms with Crippen LogP contribution >= 0.6 is 0 Å². The average Bonchev–Trinajstić information content (AvgIpc) is 2.42. The summed E-state index contributed by atoms with van der Waals surface area (Å²) in [5, 5.41) is 6.38.